The van der Waals surface area contributed by atoms with Crippen LogP contribution in [0.3, 0.4) is 0 Å². The molecule has 0 aliphatic carbocycles. The lowest BCUT2D eigenvalue weighted by Crippen LogP contribution is -2.31. The monoisotopic (exact) mass is 493 g/mol. The molecule has 0 aliphatic heterocycles. The highest BCUT2D eigenvalue weighted by molar-refractivity contribution is 7.99. The molecule has 2 N–H and O–H groups in total. The van der Waals surface area contributed by atoms with Crippen LogP contribution in [0.5, 0.6) is 5.75 Å². The number of nitrogens with one attached hydrogen (secondary N) is 2. The summed E-state index contributed by atoms with van der Waals surface area (Å²) in [5.41, 5.74) is 1.19. The highest BCUT2D eigenvalue weighted by Gasteiger charge is 2.25. The molecule has 184 valence electrons. The van der Waals surface area contributed by atoms with Crippen molar-refractivity contribution in [1.82, 2.24) is 20.1 Å². The van der Waals surface area contributed by atoms with Gasteiger partial charge < -0.3 is 19.9 Å². The zero-order chi connectivity index (χ0) is 25.2. The fourth-order valence-electron chi connectivity index (χ4n) is 3.56. The Morgan fingerprint density at radius 2 is 1.83 bits per heavy atom. The van der Waals surface area contributed by atoms with E-state index in [0.29, 0.717) is 46.9 Å². The van der Waals surface area contributed by atoms with E-state index in [4.69, 9.17) is 4.74 Å². The molecule has 9 heteroatoms. The number of anilines is 1. The number of amides is 2. The van der Waals surface area contributed by atoms with Crippen molar-refractivity contribution in [3.8, 4) is 5.75 Å². The molecule has 0 radical (unpaired) electrons. The van der Waals surface area contributed by atoms with Crippen molar-refractivity contribution in [2.75, 3.05) is 18.2 Å². The summed E-state index contributed by atoms with van der Waals surface area (Å²) in [7, 11) is 1.56. The van der Waals surface area contributed by atoms with Crippen LogP contribution in [0.1, 0.15) is 42.5 Å². The van der Waals surface area contributed by atoms with Crippen LogP contribution >= 0.6 is 11.8 Å². The van der Waals surface area contributed by atoms with E-state index >= 15 is 0 Å². The summed E-state index contributed by atoms with van der Waals surface area (Å²) in [6.45, 7) is 8.49. The average molecular weight is 494 g/mol. The third kappa shape index (κ3) is 7.19. The second kappa shape index (κ2) is 12.8. The van der Waals surface area contributed by atoms with E-state index in [1.165, 1.54) is 11.8 Å². The van der Waals surface area contributed by atoms with Gasteiger partial charge >= 0.3 is 0 Å². The van der Waals surface area contributed by atoms with Crippen LogP contribution in [-0.2, 0) is 11.3 Å². The predicted octanol–water partition coefficient (Wildman–Crippen LogP) is 4.72. The first kappa shape index (κ1) is 26.0. The first-order chi connectivity index (χ1) is 16.9. The van der Waals surface area contributed by atoms with Gasteiger partial charge in [0.2, 0.25) is 5.91 Å². The lowest BCUT2D eigenvalue weighted by Gasteiger charge is -2.21. The Balaban J connectivity index is 1.76. The molecule has 2 aromatic carbocycles. The number of benzene rings is 2. The maximum atomic E-state index is 12.9. The van der Waals surface area contributed by atoms with E-state index in [1.54, 1.807) is 37.5 Å². The van der Waals surface area contributed by atoms with Gasteiger partial charge in [0.1, 0.15) is 5.75 Å². The lowest BCUT2D eigenvalue weighted by atomic mass is 10.0. The molecule has 3 rings (SSSR count). The summed E-state index contributed by atoms with van der Waals surface area (Å²) < 4.78 is 7.19. The first-order valence-corrected chi connectivity index (χ1v) is 12.4. The van der Waals surface area contributed by atoms with Crippen molar-refractivity contribution in [2.45, 2.75) is 38.0 Å². The molecular weight excluding hydrogens is 462 g/mol. The molecule has 0 spiro atoms. The molecule has 35 heavy (non-hydrogen) atoms. The molecule has 3 aromatic rings. The summed E-state index contributed by atoms with van der Waals surface area (Å²) in [6, 6.07) is 16.0. The van der Waals surface area contributed by atoms with Gasteiger partial charge in [0, 0.05) is 12.1 Å². The summed E-state index contributed by atoms with van der Waals surface area (Å²) in [6.07, 6.45) is 2.43. The van der Waals surface area contributed by atoms with Gasteiger partial charge in [0.05, 0.1) is 24.6 Å². The first-order valence-electron chi connectivity index (χ1n) is 11.4. The Morgan fingerprint density at radius 1 is 1.11 bits per heavy atom. The Kier molecular flexibility index (Phi) is 9.48. The van der Waals surface area contributed by atoms with Crippen LogP contribution in [0.25, 0.3) is 0 Å². The molecule has 2 amide bonds. The lowest BCUT2D eigenvalue weighted by molar-refractivity contribution is -0.113. The van der Waals surface area contributed by atoms with Crippen LogP contribution in [0, 0.1) is 5.92 Å². The topological polar surface area (TPSA) is 98.1 Å². The van der Waals surface area contributed by atoms with Crippen LogP contribution < -0.4 is 15.4 Å². The number of hydrogen-bond donors (Lipinski definition) is 2. The van der Waals surface area contributed by atoms with Crippen LogP contribution in [0.4, 0.5) is 5.69 Å². The Morgan fingerprint density at radius 3 is 2.51 bits per heavy atom. The molecule has 1 unspecified atom stereocenters. The molecule has 8 nitrogen and oxygen atoms in total. The number of allylic oxidation sites excluding steroid dienone is 1. The summed E-state index contributed by atoms with van der Waals surface area (Å²) in [4.78, 5) is 25.5. The average Bonchev–Trinajstić information content (AvgIpc) is 3.25. The van der Waals surface area contributed by atoms with Crippen molar-refractivity contribution in [1.29, 1.82) is 0 Å². The number of nitrogens with zero attached hydrogens (tertiary/aromatic N) is 3. The van der Waals surface area contributed by atoms with Gasteiger partial charge in [-0.1, -0.05) is 62.0 Å². The summed E-state index contributed by atoms with van der Waals surface area (Å²) in [5, 5.41) is 15.3. The third-order valence-corrected chi connectivity index (χ3v) is 6.10. The van der Waals surface area contributed by atoms with E-state index in [1.807, 2.05) is 34.9 Å². The van der Waals surface area contributed by atoms with Gasteiger partial charge in [0.15, 0.2) is 11.0 Å². The Hall–Kier alpha value is -3.59. The van der Waals surface area contributed by atoms with E-state index in [-0.39, 0.29) is 23.6 Å². The number of aromatic nitrogens is 3. The number of carbonyl (C=O) groups is 2. The Labute approximate surface area is 210 Å². The number of para-hydroxylation sites is 2. The molecule has 0 saturated heterocycles. The second-order valence-corrected chi connectivity index (χ2v) is 9.24. The molecule has 0 bridgehead atoms. The summed E-state index contributed by atoms with van der Waals surface area (Å²) >= 11 is 1.28. The number of carbonyl (C=O) groups excluding carboxylic acids is 2. The van der Waals surface area contributed by atoms with Crippen molar-refractivity contribution < 1.29 is 14.3 Å². The minimum absolute atomic E-state index is 0.137. The number of methoxy groups -OCH3 is 1. The normalized spacial score (nSPS) is 11.7. The zero-order valence-electron chi connectivity index (χ0n) is 20.2. The van der Waals surface area contributed by atoms with Crippen LogP contribution in [0.2, 0.25) is 0 Å². The van der Waals surface area contributed by atoms with Crippen LogP contribution in [-0.4, -0.2) is 39.4 Å². The molecular formula is C26H31N5O3S. The largest absolute Gasteiger partial charge is 0.495 e. The van der Waals surface area contributed by atoms with Crippen molar-refractivity contribution in [3.63, 3.8) is 0 Å². The number of ether oxygens (including phenoxy) is 1. The molecule has 1 heterocycles. The SMILES string of the molecule is C=CCn1c(SCC(=O)Nc2ccccc2OC)nnc1C(CC(C)C)NC(=O)c1ccccc1. The zero-order valence-corrected chi connectivity index (χ0v) is 21.0. The molecule has 0 saturated carbocycles. The van der Waals surface area contributed by atoms with E-state index in [0.717, 1.165) is 0 Å². The quantitative estimate of drug-likeness (QED) is 0.280. The van der Waals surface area contributed by atoms with Gasteiger partial charge in [-0.15, -0.1) is 16.8 Å². The highest BCUT2D eigenvalue weighted by atomic mass is 32.2. The maximum absolute atomic E-state index is 12.9. The van der Waals surface area contributed by atoms with Crippen molar-refractivity contribution in [2.24, 2.45) is 5.92 Å². The van der Waals surface area contributed by atoms with Crippen LogP contribution in [0.15, 0.2) is 72.4 Å². The molecule has 0 fully saturated rings. The van der Waals surface area contributed by atoms with Crippen molar-refractivity contribution in [3.05, 3.63) is 78.6 Å². The fraction of sp³-hybridized carbons (Fsp3) is 0.308. The number of thioether (sulfide) groups is 1. The molecule has 0 aliphatic rings. The molecule has 1 aromatic heterocycles. The number of hydrogen-bond acceptors (Lipinski definition) is 6. The molecule has 1 atom stereocenters. The predicted molar refractivity (Wildman–Crippen MR) is 139 cm³/mol. The minimum Gasteiger partial charge on any atom is -0.495 e. The highest BCUT2D eigenvalue weighted by Crippen LogP contribution is 2.27. The van der Waals surface area contributed by atoms with E-state index in [2.05, 4.69) is 41.3 Å². The van der Waals surface area contributed by atoms with E-state index in [9.17, 15) is 9.59 Å². The minimum atomic E-state index is -0.341. The summed E-state index contributed by atoms with van der Waals surface area (Å²) in [5.74, 6) is 1.32. The second-order valence-electron chi connectivity index (χ2n) is 8.30. The number of rotatable bonds is 12. The Bertz CT molecular complexity index is 1150. The fourth-order valence-corrected chi connectivity index (χ4v) is 4.32. The van der Waals surface area contributed by atoms with Gasteiger partial charge in [0.25, 0.3) is 5.91 Å². The van der Waals surface area contributed by atoms with Crippen molar-refractivity contribution >= 4 is 29.3 Å². The third-order valence-electron chi connectivity index (χ3n) is 5.13. The maximum Gasteiger partial charge on any atom is 0.251 e. The van der Waals surface area contributed by atoms with E-state index < -0.39 is 0 Å². The van der Waals surface area contributed by atoms with Gasteiger partial charge in [-0.25, -0.2) is 0 Å². The van der Waals surface area contributed by atoms with Gasteiger partial charge in [-0.3, -0.25) is 9.59 Å². The van der Waals surface area contributed by atoms with Gasteiger partial charge in [-0.2, -0.15) is 0 Å². The standard InChI is InChI=1S/C26H31N5O3S/c1-5-15-31-24(21(16-18(2)3)28-25(33)19-11-7-6-8-12-19)29-30-26(31)35-17-23(32)27-20-13-9-10-14-22(20)34-4/h5-14,18,21H,1,15-17H2,2-4H3,(H,27,32)(H,28,33). The van der Waals surface area contributed by atoms with Gasteiger partial charge in [-0.05, 0) is 36.6 Å². The smallest absolute Gasteiger partial charge is 0.251 e.